The molecule has 124 valence electrons. The van der Waals surface area contributed by atoms with Crippen LogP contribution in [0.5, 0.6) is 0 Å². The van der Waals surface area contributed by atoms with Crippen LogP contribution in [0.4, 0.5) is 22.0 Å². The van der Waals surface area contributed by atoms with Crippen LogP contribution in [0.3, 0.4) is 0 Å². The first kappa shape index (κ1) is 17.5. The Morgan fingerprint density at radius 2 is 1.96 bits per heavy atom. The summed E-state index contributed by atoms with van der Waals surface area (Å²) in [4.78, 5) is 6.85. The second-order valence-corrected chi connectivity index (χ2v) is 5.67. The van der Waals surface area contributed by atoms with Crippen LogP contribution in [-0.2, 0) is 12.0 Å². The Morgan fingerprint density at radius 3 is 2.43 bits per heavy atom. The van der Waals surface area contributed by atoms with Gasteiger partial charge in [-0.2, -0.15) is 13.2 Å². The highest BCUT2D eigenvalue weighted by Gasteiger charge is 2.41. The molecule has 9 heteroatoms. The molecule has 3 nitrogen and oxygen atoms in total. The highest BCUT2D eigenvalue weighted by atomic mass is 32.1. The first-order chi connectivity index (χ1) is 10.6. The van der Waals surface area contributed by atoms with Crippen LogP contribution in [0.25, 0.3) is 10.6 Å². The van der Waals surface area contributed by atoms with Gasteiger partial charge in [0.15, 0.2) is 6.17 Å². The predicted octanol–water partition coefficient (Wildman–Crippen LogP) is 4.17. The third-order valence-corrected chi connectivity index (χ3v) is 4.29. The molecule has 1 N–H and O–H groups in total. The van der Waals surface area contributed by atoms with E-state index < -0.39 is 23.9 Å². The van der Waals surface area contributed by atoms with Gasteiger partial charge in [-0.1, -0.05) is 12.7 Å². The van der Waals surface area contributed by atoms with Gasteiger partial charge < -0.3 is 5.11 Å². The Morgan fingerprint density at radius 1 is 1.30 bits per heavy atom. The van der Waals surface area contributed by atoms with E-state index in [1.165, 1.54) is 6.92 Å². The molecule has 0 aromatic carbocycles. The van der Waals surface area contributed by atoms with Crippen LogP contribution in [0.1, 0.15) is 16.3 Å². The maximum atomic E-state index is 14.1. The van der Waals surface area contributed by atoms with Gasteiger partial charge in [0.1, 0.15) is 10.7 Å². The van der Waals surface area contributed by atoms with E-state index in [2.05, 4.69) is 16.5 Å². The molecule has 2 aromatic rings. The lowest BCUT2D eigenvalue weighted by Gasteiger charge is -2.19. The normalized spacial score (nSPS) is 16.0. The van der Waals surface area contributed by atoms with Gasteiger partial charge in [-0.15, -0.1) is 11.3 Å². The fourth-order valence-corrected chi connectivity index (χ4v) is 2.88. The lowest BCUT2D eigenvalue weighted by molar-refractivity contribution is -0.141. The molecule has 0 aliphatic rings. The number of nitrogens with zero attached hydrogens (tertiary/aromatic N) is 2. The number of rotatable bonds is 4. The van der Waals surface area contributed by atoms with Gasteiger partial charge in [-0.25, -0.2) is 13.8 Å². The molecule has 23 heavy (non-hydrogen) atoms. The van der Waals surface area contributed by atoms with Gasteiger partial charge in [-0.3, -0.25) is 4.98 Å². The molecule has 2 unspecified atom stereocenters. The van der Waals surface area contributed by atoms with Crippen molar-refractivity contribution in [3.8, 4) is 10.6 Å². The van der Waals surface area contributed by atoms with Gasteiger partial charge in [0.05, 0.1) is 10.6 Å². The molecule has 0 aliphatic heterocycles. The smallest absolute Gasteiger partial charge is 0.355 e. The lowest BCUT2D eigenvalue weighted by atomic mass is 10.1. The van der Waals surface area contributed by atoms with Crippen LogP contribution >= 0.6 is 11.3 Å². The van der Waals surface area contributed by atoms with Gasteiger partial charge in [0, 0.05) is 11.8 Å². The van der Waals surface area contributed by atoms with Gasteiger partial charge >= 0.3 is 6.18 Å². The van der Waals surface area contributed by atoms with Crippen LogP contribution < -0.4 is 0 Å². The van der Waals surface area contributed by atoms with E-state index in [0.717, 1.165) is 18.3 Å². The van der Waals surface area contributed by atoms with Crippen molar-refractivity contribution in [3.63, 3.8) is 0 Å². The Hall–Kier alpha value is -1.87. The number of aryl methyl sites for hydroxylation is 1. The van der Waals surface area contributed by atoms with E-state index in [1.807, 2.05) is 0 Å². The number of pyridine rings is 1. The number of aliphatic hydroxyl groups is 1. The summed E-state index contributed by atoms with van der Waals surface area (Å²) in [5.74, 6) is -3.30. The van der Waals surface area contributed by atoms with Crippen molar-refractivity contribution in [2.24, 2.45) is 0 Å². The van der Waals surface area contributed by atoms with E-state index in [4.69, 9.17) is 0 Å². The number of aromatic nitrogens is 2. The number of alkyl halides is 5. The molecule has 0 saturated carbocycles. The third kappa shape index (κ3) is 3.40. The molecule has 0 radical (unpaired) electrons. The Kier molecular flexibility index (Phi) is 4.54. The molecule has 2 rings (SSSR count). The minimum atomic E-state index is -4.58. The van der Waals surface area contributed by atoms with Crippen molar-refractivity contribution in [1.82, 2.24) is 9.97 Å². The zero-order valence-corrected chi connectivity index (χ0v) is 12.6. The van der Waals surface area contributed by atoms with E-state index in [1.54, 1.807) is 0 Å². The molecule has 2 atom stereocenters. The van der Waals surface area contributed by atoms with Crippen LogP contribution in [-0.4, -0.2) is 21.2 Å². The van der Waals surface area contributed by atoms with Crippen molar-refractivity contribution < 1.29 is 27.1 Å². The maximum absolute atomic E-state index is 14.1. The highest BCUT2D eigenvalue weighted by Crippen LogP contribution is 2.39. The molecular formula is C14H11F5N2OS. The second-order valence-electron chi connectivity index (χ2n) is 4.67. The Bertz CT molecular complexity index is 709. The van der Waals surface area contributed by atoms with Crippen molar-refractivity contribution >= 4 is 11.3 Å². The monoisotopic (exact) mass is 350 g/mol. The second kappa shape index (κ2) is 5.97. The zero-order valence-electron chi connectivity index (χ0n) is 11.7. The number of hydrogen-bond donors (Lipinski definition) is 1. The number of halogens is 5. The first-order valence-corrected chi connectivity index (χ1v) is 7.08. The molecule has 0 amide bonds. The summed E-state index contributed by atoms with van der Waals surface area (Å²) in [6.07, 6.45) is -5.39. The van der Waals surface area contributed by atoms with Crippen molar-refractivity contribution in [2.45, 2.75) is 25.1 Å². The largest absolute Gasteiger partial charge is 0.433 e. The van der Waals surface area contributed by atoms with Gasteiger partial charge in [0.2, 0.25) is 0 Å². The van der Waals surface area contributed by atoms with Crippen LogP contribution in [0, 0.1) is 6.92 Å². The Balaban J connectivity index is 2.40. The predicted molar refractivity (Wildman–Crippen MR) is 75.2 cm³/mol. The molecule has 0 fully saturated rings. The summed E-state index contributed by atoms with van der Waals surface area (Å²) < 4.78 is 65.0. The molecule has 0 saturated heterocycles. The summed E-state index contributed by atoms with van der Waals surface area (Å²) in [6, 6.07) is 1.88. The number of hydrogen-bond acceptors (Lipinski definition) is 4. The van der Waals surface area contributed by atoms with Crippen molar-refractivity contribution in [1.29, 1.82) is 0 Å². The molecule has 2 aromatic heterocycles. The van der Waals surface area contributed by atoms with Crippen molar-refractivity contribution in [3.05, 3.63) is 47.2 Å². The Labute approximate surface area is 132 Å². The van der Waals surface area contributed by atoms with E-state index >= 15 is 0 Å². The summed E-state index contributed by atoms with van der Waals surface area (Å²) in [6.45, 7) is 4.43. The third-order valence-electron chi connectivity index (χ3n) is 2.99. The highest BCUT2D eigenvalue weighted by molar-refractivity contribution is 7.15. The molecule has 0 aliphatic carbocycles. The minimum absolute atomic E-state index is 0.0272. The van der Waals surface area contributed by atoms with Crippen molar-refractivity contribution in [2.75, 3.05) is 0 Å². The summed E-state index contributed by atoms with van der Waals surface area (Å²) >= 11 is 0.631. The molecule has 0 bridgehead atoms. The van der Waals surface area contributed by atoms with E-state index in [0.29, 0.717) is 17.4 Å². The van der Waals surface area contributed by atoms with Crippen LogP contribution in [0.15, 0.2) is 31.0 Å². The first-order valence-electron chi connectivity index (χ1n) is 6.26. The summed E-state index contributed by atoms with van der Waals surface area (Å²) in [5.41, 5.74) is -0.853. The molecule has 2 heterocycles. The average Bonchev–Trinajstić information content (AvgIpc) is 2.88. The summed E-state index contributed by atoms with van der Waals surface area (Å²) in [7, 11) is 0. The lowest BCUT2D eigenvalue weighted by Crippen LogP contribution is -2.30. The molecular weight excluding hydrogens is 339 g/mol. The van der Waals surface area contributed by atoms with E-state index in [9.17, 15) is 27.1 Å². The van der Waals surface area contributed by atoms with Gasteiger partial charge in [0.25, 0.3) is 5.85 Å². The standard InChI is InChI=1S/C14H11F5N2OS/c1-3-9(15)13(16,22)11-7(2)21-12(23-11)8-4-5-10(20-6-8)14(17,18)19/h3-6,9,22H,1H2,2H3. The average molecular weight is 350 g/mol. The quantitative estimate of drug-likeness (QED) is 0.665. The number of thiazole rings is 1. The maximum Gasteiger partial charge on any atom is 0.433 e. The van der Waals surface area contributed by atoms with Crippen LogP contribution in [0.2, 0.25) is 0 Å². The van der Waals surface area contributed by atoms with E-state index in [-0.39, 0.29) is 21.1 Å². The fraction of sp³-hybridized carbons (Fsp3) is 0.286. The fourth-order valence-electron chi connectivity index (χ4n) is 1.81. The van der Waals surface area contributed by atoms with Gasteiger partial charge in [-0.05, 0) is 19.1 Å². The minimum Gasteiger partial charge on any atom is -0.355 e. The molecule has 0 spiro atoms. The zero-order chi connectivity index (χ0) is 17.4. The topological polar surface area (TPSA) is 46.0 Å². The summed E-state index contributed by atoms with van der Waals surface area (Å²) in [5, 5.41) is 9.76. The SMILES string of the molecule is C=CC(F)C(O)(F)c1sc(-c2ccc(C(F)(F)F)nc2)nc1C.